The lowest BCUT2D eigenvalue weighted by atomic mass is 9.97. The zero-order valence-electron chi connectivity index (χ0n) is 13.2. The van der Waals surface area contributed by atoms with Crippen molar-refractivity contribution < 1.29 is 4.74 Å². The summed E-state index contributed by atoms with van der Waals surface area (Å²) < 4.78 is 5.49. The highest BCUT2D eigenvalue weighted by molar-refractivity contribution is 5.96. The Kier molecular flexibility index (Phi) is 3.99. The van der Waals surface area contributed by atoms with E-state index in [1.165, 1.54) is 27.6 Å². The van der Waals surface area contributed by atoms with Gasteiger partial charge in [0.2, 0.25) is 0 Å². The summed E-state index contributed by atoms with van der Waals surface area (Å²) in [6, 6.07) is 24.0. The van der Waals surface area contributed by atoms with E-state index >= 15 is 0 Å². The third kappa shape index (κ3) is 2.95. The van der Waals surface area contributed by atoms with Crippen LogP contribution in [0, 0.1) is 0 Å². The van der Waals surface area contributed by atoms with E-state index in [4.69, 9.17) is 4.74 Å². The molecule has 0 amide bonds. The molecule has 116 valence electrons. The van der Waals surface area contributed by atoms with Gasteiger partial charge in [0, 0.05) is 24.2 Å². The normalized spacial score (nSPS) is 15.0. The molecule has 2 heteroatoms. The van der Waals surface area contributed by atoms with Gasteiger partial charge in [-0.3, -0.25) is 0 Å². The second-order valence-electron chi connectivity index (χ2n) is 6.05. The summed E-state index contributed by atoms with van der Waals surface area (Å²) in [6.07, 6.45) is 0.977. The van der Waals surface area contributed by atoms with E-state index in [0.717, 1.165) is 32.7 Å². The van der Waals surface area contributed by atoms with Crippen LogP contribution in [0.1, 0.15) is 11.1 Å². The number of morpholine rings is 1. The lowest BCUT2D eigenvalue weighted by molar-refractivity contribution is 0.123. The molecule has 0 N–H and O–H groups in total. The Morgan fingerprint density at radius 2 is 1.43 bits per heavy atom. The third-order valence-corrected chi connectivity index (χ3v) is 4.58. The predicted molar refractivity (Wildman–Crippen MR) is 96.2 cm³/mol. The van der Waals surface area contributed by atoms with Crippen molar-refractivity contribution in [2.24, 2.45) is 0 Å². The van der Waals surface area contributed by atoms with Gasteiger partial charge in [-0.2, -0.15) is 0 Å². The lowest BCUT2D eigenvalue weighted by Gasteiger charge is -2.30. The SMILES string of the molecule is c1ccc(Cc2ccc(N3CCOCC3)c3ccccc23)cc1. The number of hydrogen-bond donors (Lipinski definition) is 0. The van der Waals surface area contributed by atoms with Gasteiger partial charge < -0.3 is 9.64 Å². The summed E-state index contributed by atoms with van der Waals surface area (Å²) in [5, 5.41) is 2.71. The third-order valence-electron chi connectivity index (χ3n) is 4.58. The molecule has 1 aliphatic heterocycles. The molecule has 4 rings (SSSR count). The standard InChI is InChI=1S/C21H21NO/c1-2-6-17(7-3-1)16-18-10-11-21(22-12-14-23-15-13-22)20-9-5-4-8-19(18)20/h1-11H,12-16H2. The first kappa shape index (κ1) is 14.3. The Morgan fingerprint density at radius 3 is 2.22 bits per heavy atom. The molecule has 0 aliphatic carbocycles. The lowest BCUT2D eigenvalue weighted by Crippen LogP contribution is -2.36. The van der Waals surface area contributed by atoms with Gasteiger partial charge in [-0.15, -0.1) is 0 Å². The highest BCUT2D eigenvalue weighted by Gasteiger charge is 2.15. The summed E-state index contributed by atoms with van der Waals surface area (Å²) in [5.74, 6) is 0. The van der Waals surface area contributed by atoms with Crippen molar-refractivity contribution in [2.75, 3.05) is 31.2 Å². The van der Waals surface area contributed by atoms with Crippen LogP contribution >= 0.6 is 0 Å². The van der Waals surface area contributed by atoms with Crippen LogP contribution in [0.4, 0.5) is 5.69 Å². The molecule has 2 nitrogen and oxygen atoms in total. The molecule has 0 unspecified atom stereocenters. The molecule has 3 aromatic carbocycles. The Labute approximate surface area is 137 Å². The van der Waals surface area contributed by atoms with Crippen molar-refractivity contribution in [3.05, 3.63) is 77.9 Å². The van der Waals surface area contributed by atoms with Crippen molar-refractivity contribution in [1.82, 2.24) is 0 Å². The van der Waals surface area contributed by atoms with Gasteiger partial charge in [0.25, 0.3) is 0 Å². The first-order valence-corrected chi connectivity index (χ1v) is 8.29. The van der Waals surface area contributed by atoms with Crippen LogP contribution in [0.2, 0.25) is 0 Å². The van der Waals surface area contributed by atoms with E-state index in [1.807, 2.05) is 0 Å². The van der Waals surface area contributed by atoms with Gasteiger partial charge in [0.15, 0.2) is 0 Å². The van der Waals surface area contributed by atoms with Crippen LogP contribution in [0.5, 0.6) is 0 Å². The topological polar surface area (TPSA) is 12.5 Å². The average Bonchev–Trinajstić information content (AvgIpc) is 2.64. The first-order chi connectivity index (χ1) is 11.4. The zero-order chi connectivity index (χ0) is 15.5. The molecule has 0 saturated carbocycles. The minimum atomic E-state index is 0.820. The number of hydrogen-bond acceptors (Lipinski definition) is 2. The maximum absolute atomic E-state index is 5.49. The van der Waals surface area contributed by atoms with E-state index < -0.39 is 0 Å². The fourth-order valence-electron chi connectivity index (χ4n) is 3.40. The summed E-state index contributed by atoms with van der Waals surface area (Å²) in [5.41, 5.74) is 4.08. The molecule has 0 spiro atoms. The number of ether oxygens (including phenoxy) is 1. The summed E-state index contributed by atoms with van der Waals surface area (Å²) in [7, 11) is 0. The molecule has 23 heavy (non-hydrogen) atoms. The molecule has 0 radical (unpaired) electrons. The number of benzene rings is 3. The van der Waals surface area contributed by atoms with E-state index in [0.29, 0.717) is 0 Å². The number of fused-ring (bicyclic) bond motifs is 1. The summed E-state index contributed by atoms with van der Waals surface area (Å²) in [6.45, 7) is 3.59. The van der Waals surface area contributed by atoms with Crippen LogP contribution in [0.3, 0.4) is 0 Å². The first-order valence-electron chi connectivity index (χ1n) is 8.29. The Balaban J connectivity index is 1.76. The van der Waals surface area contributed by atoms with Crippen molar-refractivity contribution in [3.63, 3.8) is 0 Å². The maximum atomic E-state index is 5.49. The highest BCUT2D eigenvalue weighted by Crippen LogP contribution is 2.31. The van der Waals surface area contributed by atoms with Crippen LogP contribution in [-0.2, 0) is 11.2 Å². The minimum absolute atomic E-state index is 0.820. The van der Waals surface area contributed by atoms with Gasteiger partial charge in [-0.25, -0.2) is 0 Å². The van der Waals surface area contributed by atoms with Gasteiger partial charge >= 0.3 is 0 Å². The molecule has 1 saturated heterocycles. The molecule has 3 aromatic rings. The molecular weight excluding hydrogens is 282 g/mol. The minimum Gasteiger partial charge on any atom is -0.378 e. The van der Waals surface area contributed by atoms with Crippen LogP contribution < -0.4 is 4.90 Å². The number of rotatable bonds is 3. The largest absolute Gasteiger partial charge is 0.378 e. The Morgan fingerprint density at radius 1 is 0.739 bits per heavy atom. The van der Waals surface area contributed by atoms with Crippen molar-refractivity contribution in [2.45, 2.75) is 6.42 Å². The van der Waals surface area contributed by atoms with E-state index in [1.54, 1.807) is 0 Å². The quantitative estimate of drug-likeness (QED) is 0.716. The highest BCUT2D eigenvalue weighted by atomic mass is 16.5. The van der Waals surface area contributed by atoms with Gasteiger partial charge in [-0.05, 0) is 29.0 Å². The Hall–Kier alpha value is -2.32. The van der Waals surface area contributed by atoms with Crippen molar-refractivity contribution >= 4 is 16.5 Å². The fourth-order valence-corrected chi connectivity index (χ4v) is 3.40. The second kappa shape index (κ2) is 6.43. The maximum Gasteiger partial charge on any atom is 0.0642 e. The molecule has 0 atom stereocenters. The fraction of sp³-hybridized carbons (Fsp3) is 0.238. The van der Waals surface area contributed by atoms with Crippen molar-refractivity contribution in [1.29, 1.82) is 0 Å². The van der Waals surface area contributed by atoms with Crippen LogP contribution in [0.25, 0.3) is 10.8 Å². The average molecular weight is 303 g/mol. The van der Waals surface area contributed by atoms with Crippen LogP contribution in [0.15, 0.2) is 66.7 Å². The molecule has 0 bridgehead atoms. The molecular formula is C21H21NO. The van der Waals surface area contributed by atoms with Gasteiger partial charge in [0.1, 0.15) is 0 Å². The van der Waals surface area contributed by atoms with E-state index in [9.17, 15) is 0 Å². The summed E-state index contributed by atoms with van der Waals surface area (Å²) >= 11 is 0. The predicted octanol–water partition coefficient (Wildman–Crippen LogP) is 4.27. The number of nitrogens with zero attached hydrogens (tertiary/aromatic N) is 1. The second-order valence-corrected chi connectivity index (χ2v) is 6.05. The zero-order valence-corrected chi connectivity index (χ0v) is 13.2. The van der Waals surface area contributed by atoms with E-state index in [2.05, 4.69) is 71.6 Å². The molecule has 1 fully saturated rings. The Bertz CT molecular complexity index is 791. The van der Waals surface area contributed by atoms with E-state index in [-0.39, 0.29) is 0 Å². The monoisotopic (exact) mass is 303 g/mol. The molecule has 1 aliphatic rings. The molecule has 0 aromatic heterocycles. The smallest absolute Gasteiger partial charge is 0.0642 e. The summed E-state index contributed by atoms with van der Waals surface area (Å²) in [4.78, 5) is 2.44. The van der Waals surface area contributed by atoms with Gasteiger partial charge in [0.05, 0.1) is 13.2 Å². The molecule has 1 heterocycles. The van der Waals surface area contributed by atoms with Crippen LogP contribution in [-0.4, -0.2) is 26.3 Å². The van der Waals surface area contributed by atoms with Gasteiger partial charge in [-0.1, -0.05) is 60.7 Å². The number of anilines is 1. The van der Waals surface area contributed by atoms with Crippen molar-refractivity contribution in [3.8, 4) is 0 Å².